The maximum atomic E-state index is 15.8. The van der Waals surface area contributed by atoms with Crippen LogP contribution in [0.5, 0.6) is 5.75 Å². The predicted octanol–water partition coefficient (Wildman–Crippen LogP) is 9.00. The minimum absolute atomic E-state index is 0.00570. The first-order valence-corrected chi connectivity index (χ1v) is 50.2. The van der Waals surface area contributed by atoms with Crippen LogP contribution in [0.25, 0.3) is 10.8 Å². The lowest BCUT2D eigenvalue weighted by Gasteiger charge is -2.58. The first kappa shape index (κ1) is 98.4. The molecule has 708 valence electrons. The van der Waals surface area contributed by atoms with Gasteiger partial charge in [-0.05, 0) is 202 Å². The summed E-state index contributed by atoms with van der Waals surface area (Å²) in [6.45, 7) is 17.2. The van der Waals surface area contributed by atoms with Crippen LogP contribution in [-0.2, 0) is 72.6 Å². The summed E-state index contributed by atoms with van der Waals surface area (Å²) in [6.07, 6.45) is 27.3. The number of ether oxygens (including phenoxy) is 1. The average Bonchev–Trinajstić information content (AvgIpc) is 1.66. The molecule has 13 N–H and O–H groups in total. The fourth-order valence-corrected chi connectivity index (χ4v) is 24.8. The molecule has 4 aromatic rings. The van der Waals surface area contributed by atoms with E-state index in [1.54, 1.807) is 73.2 Å². The number of nitrogens with zero attached hydrogens (tertiary/aromatic N) is 4. The van der Waals surface area contributed by atoms with E-state index in [4.69, 9.17) is 15.5 Å². The zero-order chi connectivity index (χ0) is 93.5. The van der Waals surface area contributed by atoms with Gasteiger partial charge in [-0.15, -0.1) is 0 Å². The molecule has 12 amide bonds. The number of aromatic nitrogens is 1. The molecular formula is C100H137N14O15S2+. The number of phenolic OH excluding ortho intramolecular Hbond substituents is 1. The van der Waals surface area contributed by atoms with Crippen LogP contribution >= 0.6 is 21.6 Å². The quantitative estimate of drug-likeness (QED) is 0.0104. The number of rotatable bonds is 29. The van der Waals surface area contributed by atoms with E-state index in [2.05, 4.69) is 88.5 Å². The molecule has 9 aliphatic rings. The standard InChI is InChI=1S/C100H136N14O15S2/c1-58(2)20-16-21-60(5)74-38-39-75-73-37-34-69-52-71(40-42-99(69,7)76(73)41-43-100(74,75)8)129-98(128)102-44-15-14-27-78-89(119)110-85(59(3)4)95(125)109-82(93(123)111-86(61(6)115)87(101)117)57-131-130-56-81(92(122)106-79(50-62-31-35-70(116)36-32-62)90(120)107-80(91(121)105-78)51-67-53-103-77-26-13-12-25-72(67)77)108-88(118)68(49-63-30-33-64-22-10-11-23-65(64)48-63)54-104-94(124)83-28-18-46-113(83)97(127)84-29-19-47-114(84)96(126)66-24-17-45-112(9)55-66/h10-13,17,22-26,30-36,45,48,53,55,58-61,67-68,71-86,115H,14-16,18-21,27-29,37-44,46-47,49-52,54,56-57H2,1-9H3,(H11-,101,102,104,105,106,107,108,109,110,111,116,117,118,119,120,121,122,123,124,125,128)/p+1. The molecule has 22 unspecified atom stereocenters. The number of aryl methyl sites for hydroxylation is 1. The van der Waals surface area contributed by atoms with Crippen LogP contribution in [0.15, 0.2) is 132 Å². The van der Waals surface area contributed by atoms with Crippen molar-refractivity contribution in [1.29, 1.82) is 0 Å². The summed E-state index contributed by atoms with van der Waals surface area (Å²) in [5.74, 6) is -7.34. The molecule has 5 aliphatic carbocycles. The summed E-state index contributed by atoms with van der Waals surface area (Å²) in [5.41, 5.74) is 9.07. The number of alkyl carbamates (subject to hydrolysis) is 1. The Morgan fingerprint density at radius 1 is 0.702 bits per heavy atom. The van der Waals surface area contributed by atoms with Gasteiger partial charge in [-0.25, -0.2) is 9.36 Å². The second-order valence-corrected chi connectivity index (χ2v) is 42.1. The molecule has 0 bridgehead atoms. The van der Waals surface area contributed by atoms with Crippen LogP contribution in [0, 0.1) is 70.0 Å². The third-order valence-electron chi connectivity index (χ3n) is 29.8. The highest BCUT2D eigenvalue weighted by molar-refractivity contribution is 8.76. The van der Waals surface area contributed by atoms with E-state index in [0.29, 0.717) is 84.9 Å². The van der Waals surface area contributed by atoms with Gasteiger partial charge in [0.05, 0.1) is 18.1 Å². The molecule has 31 heteroatoms. The first-order valence-electron chi connectivity index (χ1n) is 47.7. The molecular weight excluding hydrogens is 1700 g/mol. The second kappa shape index (κ2) is 44.6. The Balaban J connectivity index is 0.751. The van der Waals surface area contributed by atoms with Gasteiger partial charge in [-0.3, -0.25) is 57.7 Å². The number of hydrogen-bond acceptors (Lipinski definition) is 18. The largest absolute Gasteiger partial charge is 0.508 e. The van der Waals surface area contributed by atoms with Gasteiger partial charge in [0.2, 0.25) is 59.1 Å². The Hall–Kier alpha value is -10.1. The van der Waals surface area contributed by atoms with Crippen molar-refractivity contribution in [2.45, 2.75) is 263 Å². The fraction of sp³-hybridized carbons (Fsp3) is 0.600. The topological polar surface area (TPSA) is 412 Å². The third kappa shape index (κ3) is 24.3. The van der Waals surface area contributed by atoms with Gasteiger partial charge in [0.25, 0.3) is 5.91 Å². The number of aliphatic hydroxyl groups is 1. The van der Waals surface area contributed by atoms with E-state index in [1.807, 2.05) is 66.8 Å². The summed E-state index contributed by atoms with van der Waals surface area (Å²) in [4.78, 5) is 186. The second-order valence-electron chi connectivity index (χ2n) is 39.6. The molecule has 131 heavy (non-hydrogen) atoms. The SMILES string of the molecule is CC(C)CCCC(C)C1CCC2C3CC=C4CC(OC(=O)NCCCCC5NC(=O)C(CC6C=NC7C=CC=CC67)NC(=O)C(Cc6ccc(O)cc6)NC(=O)C(NC(=O)C(CNC(=O)C6CCCN6C(=O)C6CCCN6C(=O)c6ccc[n+](C)c6)Cc6ccc7ccccc7c6)CSSCC(C(=O)NC(C(N)=O)C(C)O)NC(=O)C(C(C)C)NC5=O)CCC4(C)C3CCC12C. The summed E-state index contributed by atoms with van der Waals surface area (Å²) in [5, 5.41) is 48.8. The maximum absolute atomic E-state index is 15.8. The monoisotopic (exact) mass is 1840 g/mol. The molecule has 5 heterocycles. The lowest BCUT2D eigenvalue weighted by Crippen LogP contribution is -2.62. The number of benzene rings is 3. The highest BCUT2D eigenvalue weighted by atomic mass is 33.1. The van der Waals surface area contributed by atoms with Gasteiger partial charge in [0.1, 0.15) is 78.8 Å². The molecule has 13 rings (SSSR count). The summed E-state index contributed by atoms with van der Waals surface area (Å²) in [7, 11) is 3.75. The molecule has 3 saturated heterocycles. The van der Waals surface area contributed by atoms with E-state index in [-0.39, 0.29) is 104 Å². The van der Waals surface area contributed by atoms with E-state index in [9.17, 15) is 39.0 Å². The molecule has 4 aliphatic heterocycles. The van der Waals surface area contributed by atoms with Crippen molar-refractivity contribution in [2.75, 3.05) is 37.7 Å². The molecule has 1 aromatic heterocycles. The zero-order valence-electron chi connectivity index (χ0n) is 77.3. The van der Waals surface area contributed by atoms with Gasteiger partial charge in [-0.2, -0.15) is 0 Å². The van der Waals surface area contributed by atoms with E-state index in [1.165, 1.54) is 74.5 Å². The van der Waals surface area contributed by atoms with Gasteiger partial charge < -0.3 is 78.3 Å². The van der Waals surface area contributed by atoms with Crippen LogP contribution in [0.4, 0.5) is 4.79 Å². The van der Waals surface area contributed by atoms with Gasteiger partial charge in [0.15, 0.2) is 12.4 Å². The third-order valence-corrected chi connectivity index (χ3v) is 32.2. The van der Waals surface area contributed by atoms with Gasteiger partial charge in [-0.1, -0.05) is 180 Å². The lowest BCUT2D eigenvalue weighted by molar-refractivity contribution is -0.671. The summed E-state index contributed by atoms with van der Waals surface area (Å²) in [6, 6.07) is 10.0. The fourth-order valence-electron chi connectivity index (χ4n) is 22.5. The Morgan fingerprint density at radius 2 is 1.41 bits per heavy atom. The highest BCUT2D eigenvalue weighted by Crippen LogP contribution is 2.67. The Morgan fingerprint density at radius 3 is 2.16 bits per heavy atom. The van der Waals surface area contributed by atoms with Crippen molar-refractivity contribution in [1.82, 2.24) is 57.7 Å². The van der Waals surface area contributed by atoms with Crippen LogP contribution in [0.1, 0.15) is 199 Å². The average molecular weight is 1840 g/mol. The number of fused-ring (bicyclic) bond motifs is 7. The van der Waals surface area contributed by atoms with Crippen LogP contribution in [-0.4, -0.2) is 208 Å². The Bertz CT molecular complexity index is 4930. The number of amides is 12. The number of aliphatic hydroxyl groups excluding tert-OH is 1. The number of phenols is 1. The van der Waals surface area contributed by atoms with Crippen molar-refractivity contribution in [3.63, 3.8) is 0 Å². The number of unbranched alkanes of at least 4 members (excludes halogenated alkanes) is 1. The number of hydrogen-bond donors (Lipinski definition) is 12. The number of nitrogens with two attached hydrogens (primary N) is 1. The number of likely N-dealkylation sites (tertiary alicyclic amines) is 2. The number of pyridine rings is 1. The number of aliphatic imine (C=N–C) groups is 1. The molecule has 0 spiro atoms. The molecule has 0 radical (unpaired) electrons. The van der Waals surface area contributed by atoms with Crippen molar-refractivity contribution in [3.05, 3.63) is 144 Å². The van der Waals surface area contributed by atoms with Crippen molar-refractivity contribution in [2.24, 2.45) is 87.8 Å². The first-order chi connectivity index (χ1) is 62.7. The molecule has 3 aromatic carbocycles. The van der Waals surface area contributed by atoms with Crippen LogP contribution in [0.2, 0.25) is 0 Å². The summed E-state index contributed by atoms with van der Waals surface area (Å²) < 4.78 is 7.97. The van der Waals surface area contributed by atoms with Crippen molar-refractivity contribution < 1.29 is 77.1 Å². The maximum Gasteiger partial charge on any atom is 0.407 e. The van der Waals surface area contributed by atoms with E-state index in [0.717, 1.165) is 69.4 Å². The Kier molecular flexibility index (Phi) is 33.5. The molecule has 3 saturated carbocycles. The van der Waals surface area contributed by atoms with Crippen LogP contribution < -0.4 is 58.2 Å². The lowest BCUT2D eigenvalue weighted by atomic mass is 9.47. The number of carbonyl (C=O) groups excluding carboxylic acids is 12. The van der Waals surface area contributed by atoms with Crippen LogP contribution in [0.3, 0.4) is 0 Å². The molecule has 29 nitrogen and oxygen atoms in total. The van der Waals surface area contributed by atoms with Crippen molar-refractivity contribution in [3.8, 4) is 5.75 Å². The van der Waals surface area contributed by atoms with E-state index < -0.39 is 137 Å². The number of allylic oxidation sites excluding steroid dienone is 3. The number of nitrogens with one attached hydrogen (secondary N) is 9. The summed E-state index contributed by atoms with van der Waals surface area (Å²) >= 11 is 0. The van der Waals surface area contributed by atoms with Crippen molar-refractivity contribution >= 4 is 110 Å². The minimum Gasteiger partial charge on any atom is -0.508 e. The predicted molar refractivity (Wildman–Crippen MR) is 504 cm³/mol. The normalized spacial score (nSPS) is 29.7. The number of primary amides is 1. The van der Waals surface area contributed by atoms with E-state index >= 15 is 28.8 Å². The highest BCUT2D eigenvalue weighted by Gasteiger charge is 2.60. The zero-order valence-corrected chi connectivity index (χ0v) is 78.9. The smallest absolute Gasteiger partial charge is 0.407 e. The van der Waals surface area contributed by atoms with Gasteiger partial charge >= 0.3 is 6.09 Å². The number of aromatic hydroxyl groups is 1. The molecule has 22 atom stereocenters. The van der Waals surface area contributed by atoms with Gasteiger partial charge in [0, 0.05) is 74.6 Å². The number of carbonyl (C=O) groups is 12. The molecule has 6 fully saturated rings. The Labute approximate surface area is 777 Å². The minimum atomic E-state index is -1.64.